The second kappa shape index (κ2) is 8.98. The summed E-state index contributed by atoms with van der Waals surface area (Å²) in [5.41, 5.74) is -0.335. The van der Waals surface area contributed by atoms with Crippen molar-refractivity contribution in [3.63, 3.8) is 0 Å². The monoisotopic (exact) mass is 377 g/mol. The van der Waals surface area contributed by atoms with E-state index in [0.717, 1.165) is 12.3 Å². The minimum atomic E-state index is -0.884. The van der Waals surface area contributed by atoms with Crippen LogP contribution < -0.4 is 15.5 Å². The topological polar surface area (TPSA) is 94.8 Å². The molecule has 0 aliphatic heterocycles. The highest BCUT2D eigenvalue weighted by atomic mass is 19.1. The number of rotatable bonds is 7. The van der Waals surface area contributed by atoms with Gasteiger partial charge in [0.15, 0.2) is 5.76 Å². The van der Waals surface area contributed by atoms with Crippen LogP contribution in [0, 0.1) is 11.7 Å². The van der Waals surface area contributed by atoms with Gasteiger partial charge in [0.1, 0.15) is 24.7 Å². The number of nitrogens with one attached hydrogen (secondary N) is 1. The molecule has 0 aliphatic carbocycles. The Morgan fingerprint density at radius 3 is 2.56 bits per heavy atom. The molecule has 1 atom stereocenters. The van der Waals surface area contributed by atoms with Crippen LogP contribution in [0.5, 0.6) is 5.75 Å². The van der Waals surface area contributed by atoms with Gasteiger partial charge in [-0.3, -0.25) is 9.59 Å². The third-order valence-corrected chi connectivity index (χ3v) is 3.77. The minimum absolute atomic E-state index is 0.164. The fourth-order valence-electron chi connectivity index (χ4n) is 2.23. The van der Waals surface area contributed by atoms with Crippen molar-refractivity contribution in [2.45, 2.75) is 26.5 Å². The molecule has 1 aromatic carbocycles. The van der Waals surface area contributed by atoms with Gasteiger partial charge in [0.25, 0.3) is 5.91 Å². The lowest BCUT2D eigenvalue weighted by atomic mass is 10.0. The zero-order valence-corrected chi connectivity index (χ0v) is 15.2. The van der Waals surface area contributed by atoms with Crippen LogP contribution in [-0.2, 0) is 16.1 Å². The molecule has 27 heavy (non-hydrogen) atoms. The highest BCUT2D eigenvalue weighted by molar-refractivity contribution is 5.94. The van der Waals surface area contributed by atoms with E-state index < -0.39 is 29.2 Å². The SMILES string of the molecule is COC(=O)[C@@H](NC(=O)c1cc(=O)c(OCc2ccccc2F)co1)C(C)C. The summed E-state index contributed by atoms with van der Waals surface area (Å²) in [6, 6.07) is 6.05. The first-order chi connectivity index (χ1) is 12.8. The maximum atomic E-state index is 13.6. The van der Waals surface area contributed by atoms with Gasteiger partial charge in [-0.05, 0) is 12.0 Å². The molecule has 0 unspecified atom stereocenters. The Morgan fingerprint density at radius 2 is 1.96 bits per heavy atom. The van der Waals surface area contributed by atoms with Crippen molar-refractivity contribution in [2.75, 3.05) is 7.11 Å². The lowest BCUT2D eigenvalue weighted by Crippen LogP contribution is -2.45. The molecule has 0 bridgehead atoms. The molecule has 0 saturated carbocycles. The number of amides is 1. The molecule has 2 rings (SSSR count). The second-order valence-electron chi connectivity index (χ2n) is 6.07. The van der Waals surface area contributed by atoms with Crippen LogP contribution in [-0.4, -0.2) is 25.0 Å². The second-order valence-corrected chi connectivity index (χ2v) is 6.07. The highest BCUT2D eigenvalue weighted by Crippen LogP contribution is 2.12. The fourth-order valence-corrected chi connectivity index (χ4v) is 2.23. The predicted molar refractivity (Wildman–Crippen MR) is 93.8 cm³/mol. The molecule has 1 N–H and O–H groups in total. The van der Waals surface area contributed by atoms with Crippen molar-refractivity contribution in [3.8, 4) is 5.75 Å². The van der Waals surface area contributed by atoms with E-state index in [1.54, 1.807) is 26.0 Å². The Morgan fingerprint density at radius 1 is 1.26 bits per heavy atom. The Labute approximate surface area is 155 Å². The average molecular weight is 377 g/mol. The summed E-state index contributed by atoms with van der Waals surface area (Å²) < 4.78 is 28.6. The van der Waals surface area contributed by atoms with Gasteiger partial charge >= 0.3 is 5.97 Å². The number of halogens is 1. The summed E-state index contributed by atoms with van der Waals surface area (Å²) in [4.78, 5) is 36.0. The first-order valence-electron chi connectivity index (χ1n) is 8.21. The number of esters is 1. The van der Waals surface area contributed by atoms with E-state index in [9.17, 15) is 18.8 Å². The normalized spacial score (nSPS) is 11.7. The maximum absolute atomic E-state index is 13.6. The lowest BCUT2D eigenvalue weighted by Gasteiger charge is -2.19. The molecule has 0 aliphatic rings. The molecule has 0 radical (unpaired) electrons. The van der Waals surface area contributed by atoms with Gasteiger partial charge < -0.3 is 19.2 Å². The Hall–Kier alpha value is -3.16. The first-order valence-corrected chi connectivity index (χ1v) is 8.21. The molecule has 144 valence electrons. The van der Waals surface area contributed by atoms with E-state index in [-0.39, 0.29) is 29.6 Å². The first kappa shape index (κ1) is 20.2. The number of benzene rings is 1. The van der Waals surface area contributed by atoms with E-state index in [4.69, 9.17) is 9.15 Å². The Kier molecular flexibility index (Phi) is 6.70. The third-order valence-electron chi connectivity index (χ3n) is 3.77. The Bertz CT molecular complexity index is 876. The Balaban J connectivity index is 2.09. The molecule has 1 aromatic heterocycles. The summed E-state index contributed by atoms with van der Waals surface area (Å²) in [6.45, 7) is 3.30. The van der Waals surface area contributed by atoms with E-state index in [2.05, 4.69) is 10.1 Å². The summed E-state index contributed by atoms with van der Waals surface area (Å²) in [7, 11) is 1.21. The molecule has 7 nitrogen and oxygen atoms in total. The largest absolute Gasteiger partial charge is 0.482 e. The molecule has 2 aromatic rings. The predicted octanol–water partition coefficient (Wildman–Crippen LogP) is 2.29. The van der Waals surface area contributed by atoms with E-state index in [0.29, 0.717) is 0 Å². The van der Waals surface area contributed by atoms with Crippen LogP contribution in [0.2, 0.25) is 0 Å². The smallest absolute Gasteiger partial charge is 0.328 e. The van der Waals surface area contributed by atoms with Gasteiger partial charge in [0.2, 0.25) is 11.2 Å². The van der Waals surface area contributed by atoms with E-state index >= 15 is 0 Å². The van der Waals surface area contributed by atoms with Gasteiger partial charge in [-0.2, -0.15) is 0 Å². The van der Waals surface area contributed by atoms with Crippen LogP contribution in [0.4, 0.5) is 4.39 Å². The molecule has 0 fully saturated rings. The van der Waals surface area contributed by atoms with E-state index in [1.807, 2.05) is 0 Å². The number of carbonyl (C=O) groups is 2. The molecule has 0 spiro atoms. The maximum Gasteiger partial charge on any atom is 0.328 e. The van der Waals surface area contributed by atoms with Gasteiger partial charge in [0, 0.05) is 11.6 Å². The van der Waals surface area contributed by atoms with E-state index in [1.165, 1.54) is 19.2 Å². The summed E-state index contributed by atoms with van der Waals surface area (Å²) in [5, 5.41) is 2.46. The quantitative estimate of drug-likeness (QED) is 0.744. The summed E-state index contributed by atoms with van der Waals surface area (Å²) in [5.74, 6) is -2.48. The molecule has 8 heteroatoms. The number of hydrogen-bond acceptors (Lipinski definition) is 6. The minimum Gasteiger partial charge on any atom is -0.482 e. The van der Waals surface area contributed by atoms with Gasteiger partial charge in [0.05, 0.1) is 7.11 Å². The van der Waals surface area contributed by atoms with Crippen LogP contribution >= 0.6 is 0 Å². The standard InChI is InChI=1S/C19H20FNO6/c1-11(2)17(19(24)25-3)21-18(23)15-8-14(22)16(10-27-15)26-9-12-6-4-5-7-13(12)20/h4-8,10-11,17H,9H2,1-3H3,(H,21,23)/t17-/m0/s1. The molecule has 1 heterocycles. The van der Waals surface area contributed by atoms with Crippen molar-refractivity contribution in [2.24, 2.45) is 5.92 Å². The van der Waals surface area contributed by atoms with Gasteiger partial charge in [-0.25, -0.2) is 9.18 Å². The number of hydrogen-bond donors (Lipinski definition) is 1. The van der Waals surface area contributed by atoms with Crippen molar-refractivity contribution in [1.82, 2.24) is 5.32 Å². The van der Waals surface area contributed by atoms with Gasteiger partial charge in [-0.15, -0.1) is 0 Å². The number of ether oxygens (including phenoxy) is 2. The molecular formula is C19H20FNO6. The summed E-state index contributed by atoms with van der Waals surface area (Å²) in [6.07, 6.45) is 0.973. The highest BCUT2D eigenvalue weighted by Gasteiger charge is 2.26. The third kappa shape index (κ3) is 5.16. The average Bonchev–Trinajstić information content (AvgIpc) is 2.65. The van der Waals surface area contributed by atoms with Crippen LogP contribution in [0.1, 0.15) is 30.0 Å². The van der Waals surface area contributed by atoms with Crippen molar-refractivity contribution < 1.29 is 27.9 Å². The van der Waals surface area contributed by atoms with Crippen LogP contribution in [0.3, 0.4) is 0 Å². The fraction of sp³-hybridized carbons (Fsp3) is 0.316. The summed E-state index contributed by atoms with van der Waals surface area (Å²) >= 11 is 0. The zero-order chi connectivity index (χ0) is 20.0. The lowest BCUT2D eigenvalue weighted by molar-refractivity contribution is -0.144. The zero-order valence-electron chi connectivity index (χ0n) is 15.2. The number of methoxy groups -OCH3 is 1. The molecule has 0 saturated heterocycles. The van der Waals surface area contributed by atoms with Crippen LogP contribution in [0.25, 0.3) is 0 Å². The molecule has 1 amide bonds. The van der Waals surface area contributed by atoms with Gasteiger partial charge in [-0.1, -0.05) is 32.0 Å². The van der Waals surface area contributed by atoms with Crippen molar-refractivity contribution >= 4 is 11.9 Å². The van der Waals surface area contributed by atoms with Crippen molar-refractivity contribution in [1.29, 1.82) is 0 Å². The number of carbonyl (C=O) groups excluding carboxylic acids is 2. The molecular weight excluding hydrogens is 357 g/mol. The van der Waals surface area contributed by atoms with Crippen molar-refractivity contribution in [3.05, 3.63) is 64.0 Å². The van der Waals surface area contributed by atoms with Crippen LogP contribution in [0.15, 0.2) is 45.8 Å².